The van der Waals surface area contributed by atoms with Crippen LogP contribution < -0.4 is 5.32 Å². The molecule has 2 N–H and O–H groups in total. The summed E-state index contributed by atoms with van der Waals surface area (Å²) in [6.45, 7) is 1.41. The number of hydrogen-bond acceptors (Lipinski definition) is 3. The van der Waals surface area contributed by atoms with Crippen molar-refractivity contribution in [2.24, 2.45) is 0 Å². The number of carboxylic acids is 1. The monoisotopic (exact) mass is 333 g/mol. The number of carbonyl (C=O) groups excluding carboxylic acids is 1. The molecule has 0 saturated carbocycles. The molecule has 23 heavy (non-hydrogen) atoms. The third-order valence-corrected chi connectivity index (χ3v) is 3.73. The fourth-order valence-corrected chi connectivity index (χ4v) is 2.39. The lowest BCUT2D eigenvalue weighted by Crippen LogP contribution is -2.49. The molecule has 1 atom stereocenters. The maximum atomic E-state index is 12.0. The Morgan fingerprint density at radius 3 is 2.35 bits per heavy atom. The van der Waals surface area contributed by atoms with Crippen molar-refractivity contribution in [3.8, 4) is 0 Å². The summed E-state index contributed by atoms with van der Waals surface area (Å²) in [5, 5.41) is 12.1. The van der Waals surface area contributed by atoms with Gasteiger partial charge >= 0.3 is 12.1 Å². The number of amides is 1. The Morgan fingerprint density at radius 1 is 1.13 bits per heavy atom. The first-order valence-corrected chi connectivity index (χ1v) is 7.28. The molecule has 6 heteroatoms. The minimum atomic E-state index is -1.69. The molecule has 120 valence electrons. The molecule has 0 spiro atoms. The van der Waals surface area contributed by atoms with Gasteiger partial charge in [0.1, 0.15) is 6.61 Å². The Labute approximate surface area is 138 Å². The van der Waals surface area contributed by atoms with Crippen LogP contribution in [-0.4, -0.2) is 17.2 Å². The first kappa shape index (κ1) is 16.8. The van der Waals surface area contributed by atoms with E-state index in [0.717, 1.165) is 5.56 Å². The molecule has 0 fully saturated rings. The van der Waals surface area contributed by atoms with Crippen molar-refractivity contribution in [2.75, 3.05) is 0 Å². The van der Waals surface area contributed by atoms with E-state index < -0.39 is 17.6 Å². The van der Waals surface area contributed by atoms with Crippen LogP contribution in [0.15, 0.2) is 54.6 Å². The molecular weight excluding hydrogens is 318 g/mol. The molecule has 0 aliphatic heterocycles. The van der Waals surface area contributed by atoms with Crippen LogP contribution in [0.2, 0.25) is 5.02 Å². The topological polar surface area (TPSA) is 75.6 Å². The van der Waals surface area contributed by atoms with Crippen LogP contribution in [0, 0.1) is 0 Å². The Kier molecular flexibility index (Phi) is 5.24. The van der Waals surface area contributed by atoms with Gasteiger partial charge in [0.25, 0.3) is 0 Å². The molecule has 0 aromatic heterocycles. The number of halogens is 1. The highest BCUT2D eigenvalue weighted by atomic mass is 35.5. The highest BCUT2D eigenvalue weighted by Crippen LogP contribution is 2.28. The molecule has 2 rings (SSSR count). The molecule has 0 saturated heterocycles. The minimum Gasteiger partial charge on any atom is -0.479 e. The fourth-order valence-electron chi connectivity index (χ4n) is 2.07. The lowest BCUT2D eigenvalue weighted by atomic mass is 9.92. The number of rotatable bonds is 5. The van der Waals surface area contributed by atoms with E-state index in [4.69, 9.17) is 16.3 Å². The summed E-state index contributed by atoms with van der Waals surface area (Å²) >= 11 is 6.05. The van der Waals surface area contributed by atoms with Crippen LogP contribution in [0.1, 0.15) is 18.1 Å². The maximum Gasteiger partial charge on any atom is 0.408 e. The Bertz CT molecular complexity index is 705. The quantitative estimate of drug-likeness (QED) is 0.877. The predicted octanol–water partition coefficient (Wildman–Crippen LogP) is 3.57. The first-order valence-electron chi connectivity index (χ1n) is 6.91. The number of hydrogen-bond donors (Lipinski definition) is 2. The van der Waals surface area contributed by atoms with Crippen LogP contribution in [0.5, 0.6) is 0 Å². The van der Waals surface area contributed by atoms with Gasteiger partial charge in [-0.3, -0.25) is 0 Å². The van der Waals surface area contributed by atoms with E-state index in [-0.39, 0.29) is 17.2 Å². The Hall–Kier alpha value is -2.53. The summed E-state index contributed by atoms with van der Waals surface area (Å²) in [4.78, 5) is 23.6. The summed E-state index contributed by atoms with van der Waals surface area (Å²) in [6.07, 6.45) is -0.835. The summed E-state index contributed by atoms with van der Waals surface area (Å²) < 4.78 is 5.08. The third kappa shape index (κ3) is 4.02. The zero-order valence-electron chi connectivity index (χ0n) is 12.5. The summed E-state index contributed by atoms with van der Waals surface area (Å²) in [7, 11) is 0. The molecule has 0 heterocycles. The zero-order chi connectivity index (χ0) is 16.9. The fraction of sp³-hybridized carbons (Fsp3) is 0.176. The second-order valence-corrected chi connectivity index (χ2v) is 5.50. The molecule has 5 nitrogen and oxygen atoms in total. The van der Waals surface area contributed by atoms with Gasteiger partial charge in [0.2, 0.25) is 0 Å². The lowest BCUT2D eigenvalue weighted by Gasteiger charge is -2.27. The number of nitrogens with one attached hydrogen (secondary N) is 1. The first-order chi connectivity index (χ1) is 10.9. The highest BCUT2D eigenvalue weighted by molar-refractivity contribution is 6.31. The van der Waals surface area contributed by atoms with Crippen LogP contribution in [0.4, 0.5) is 4.79 Å². The van der Waals surface area contributed by atoms with Crippen LogP contribution in [0.25, 0.3) is 0 Å². The SMILES string of the molecule is CC(NC(=O)OCc1ccccc1)(C(=O)O)c1ccccc1Cl. The minimum absolute atomic E-state index is 0.0465. The van der Waals surface area contributed by atoms with Gasteiger partial charge in [0.05, 0.1) is 0 Å². The molecule has 2 aromatic rings. The largest absolute Gasteiger partial charge is 0.479 e. The summed E-state index contributed by atoms with van der Waals surface area (Å²) in [6, 6.07) is 15.5. The van der Waals surface area contributed by atoms with Crippen molar-refractivity contribution in [3.63, 3.8) is 0 Å². The second-order valence-electron chi connectivity index (χ2n) is 5.10. The van der Waals surface area contributed by atoms with E-state index >= 15 is 0 Å². The molecule has 1 amide bonds. The predicted molar refractivity (Wildman–Crippen MR) is 86.2 cm³/mol. The van der Waals surface area contributed by atoms with Crippen molar-refractivity contribution in [3.05, 3.63) is 70.7 Å². The molecule has 0 bridgehead atoms. The summed E-state index contributed by atoms with van der Waals surface area (Å²) in [5.74, 6) is -1.23. The maximum absolute atomic E-state index is 12.0. The zero-order valence-corrected chi connectivity index (χ0v) is 13.2. The van der Waals surface area contributed by atoms with Gasteiger partial charge in [0.15, 0.2) is 5.54 Å². The van der Waals surface area contributed by atoms with E-state index in [1.165, 1.54) is 6.92 Å². The standard InChI is InChI=1S/C17H16ClNO4/c1-17(15(20)21,13-9-5-6-10-14(13)18)19-16(22)23-11-12-7-3-2-4-8-12/h2-10H,11H2,1H3,(H,19,22)(H,20,21). The number of alkyl carbamates (subject to hydrolysis) is 1. The average Bonchev–Trinajstić information content (AvgIpc) is 2.54. The van der Waals surface area contributed by atoms with Crippen LogP contribution in [0.3, 0.4) is 0 Å². The lowest BCUT2D eigenvalue weighted by molar-refractivity contribution is -0.144. The smallest absolute Gasteiger partial charge is 0.408 e. The van der Waals surface area contributed by atoms with Gasteiger partial charge in [-0.1, -0.05) is 60.1 Å². The number of carbonyl (C=O) groups is 2. The Balaban J connectivity index is 2.12. The van der Waals surface area contributed by atoms with Gasteiger partial charge < -0.3 is 15.2 Å². The van der Waals surface area contributed by atoms with E-state index in [2.05, 4.69) is 5.32 Å². The molecule has 0 aliphatic rings. The molecule has 1 unspecified atom stereocenters. The van der Waals surface area contributed by atoms with Crippen LogP contribution in [-0.2, 0) is 21.7 Å². The number of aliphatic carboxylic acids is 1. The summed E-state index contributed by atoms with van der Waals surface area (Å²) in [5.41, 5.74) is -0.602. The van der Waals surface area contributed by atoms with Crippen molar-refractivity contribution in [2.45, 2.75) is 19.1 Å². The van der Waals surface area contributed by atoms with Crippen molar-refractivity contribution >= 4 is 23.7 Å². The van der Waals surface area contributed by atoms with E-state index in [9.17, 15) is 14.7 Å². The van der Waals surface area contributed by atoms with E-state index in [1.807, 2.05) is 18.2 Å². The number of carboxylic acid groups (broad SMARTS) is 1. The molecule has 0 radical (unpaired) electrons. The third-order valence-electron chi connectivity index (χ3n) is 3.41. The van der Waals surface area contributed by atoms with Crippen molar-refractivity contribution in [1.82, 2.24) is 5.32 Å². The van der Waals surface area contributed by atoms with Gasteiger partial charge in [-0.05, 0) is 18.6 Å². The van der Waals surface area contributed by atoms with Gasteiger partial charge in [-0.2, -0.15) is 0 Å². The highest BCUT2D eigenvalue weighted by Gasteiger charge is 2.39. The Morgan fingerprint density at radius 2 is 1.74 bits per heavy atom. The average molecular weight is 334 g/mol. The molecule has 2 aromatic carbocycles. The van der Waals surface area contributed by atoms with Crippen LogP contribution >= 0.6 is 11.6 Å². The van der Waals surface area contributed by atoms with Gasteiger partial charge in [-0.15, -0.1) is 0 Å². The number of benzene rings is 2. The van der Waals surface area contributed by atoms with E-state index in [0.29, 0.717) is 0 Å². The molecule has 0 aliphatic carbocycles. The normalized spacial score (nSPS) is 13.0. The van der Waals surface area contributed by atoms with Gasteiger partial charge in [0, 0.05) is 10.6 Å². The van der Waals surface area contributed by atoms with Gasteiger partial charge in [-0.25, -0.2) is 9.59 Å². The second kappa shape index (κ2) is 7.15. The van der Waals surface area contributed by atoms with E-state index in [1.54, 1.807) is 36.4 Å². The van der Waals surface area contributed by atoms with Crippen molar-refractivity contribution in [1.29, 1.82) is 0 Å². The molecular formula is C17H16ClNO4. The number of ether oxygens (including phenoxy) is 1. The van der Waals surface area contributed by atoms with Crippen molar-refractivity contribution < 1.29 is 19.4 Å².